The Morgan fingerprint density at radius 2 is 1.83 bits per heavy atom. The molecule has 1 heterocycles. The number of alkyl halides is 3. The first-order valence-electron chi connectivity index (χ1n) is 5.41. The Morgan fingerprint density at radius 3 is 2.11 bits per heavy atom. The Morgan fingerprint density at radius 1 is 1.39 bits per heavy atom. The van der Waals surface area contributed by atoms with E-state index in [1.807, 2.05) is 13.8 Å². The summed E-state index contributed by atoms with van der Waals surface area (Å²) in [6.45, 7) is 4.51. The van der Waals surface area contributed by atoms with Gasteiger partial charge in [-0.2, -0.15) is 13.2 Å². The van der Waals surface area contributed by atoms with Gasteiger partial charge in [0.15, 0.2) is 0 Å². The second kappa shape index (κ2) is 6.91. The van der Waals surface area contributed by atoms with Crippen LogP contribution in [-0.4, -0.2) is 47.2 Å². The van der Waals surface area contributed by atoms with Crippen molar-refractivity contribution in [2.75, 3.05) is 6.61 Å². The van der Waals surface area contributed by atoms with Gasteiger partial charge in [0, 0.05) is 6.61 Å². The van der Waals surface area contributed by atoms with Gasteiger partial charge in [0.25, 0.3) is 0 Å². The fourth-order valence-electron chi connectivity index (χ4n) is 1.40. The van der Waals surface area contributed by atoms with E-state index in [1.165, 1.54) is 0 Å². The van der Waals surface area contributed by atoms with Crippen molar-refractivity contribution in [2.24, 2.45) is 11.7 Å². The minimum absolute atomic E-state index is 0.196. The Bertz CT molecular complexity index is 270. The maximum atomic E-state index is 10.7. The number of hydrogen-bond acceptors (Lipinski definition) is 4. The zero-order chi connectivity index (χ0) is 14.5. The van der Waals surface area contributed by atoms with Crippen LogP contribution in [0, 0.1) is 5.92 Å². The molecular formula is C10H18F3NO4. The average Bonchev–Trinajstić information content (AvgIpc) is 2.21. The molecular weight excluding hydrogens is 255 g/mol. The number of ether oxygens (including phenoxy) is 1. The zero-order valence-corrected chi connectivity index (χ0v) is 10.1. The zero-order valence-electron chi connectivity index (χ0n) is 10.1. The standard InChI is InChI=1S/C8H16O3.C2H2F3NO/c1-5(2)8-7(10)6(9)3-4-11-8;3-2(4,5)1(6)7/h5-10H,3-4H2,1-2H3;(H2,6,7). The molecule has 108 valence electrons. The van der Waals surface area contributed by atoms with Crippen LogP contribution in [0.25, 0.3) is 0 Å². The van der Waals surface area contributed by atoms with Crippen LogP contribution < -0.4 is 5.73 Å². The van der Waals surface area contributed by atoms with E-state index in [0.717, 1.165) is 0 Å². The normalized spacial score (nSPS) is 28.6. The van der Waals surface area contributed by atoms with Gasteiger partial charge in [-0.1, -0.05) is 13.8 Å². The number of carbonyl (C=O) groups excluding carboxylic acids is 1. The second-order valence-electron chi connectivity index (χ2n) is 4.29. The van der Waals surface area contributed by atoms with E-state index in [9.17, 15) is 23.4 Å². The summed E-state index contributed by atoms with van der Waals surface area (Å²) in [4.78, 5) is 9.12. The van der Waals surface area contributed by atoms with Gasteiger partial charge in [-0.25, -0.2) is 0 Å². The lowest BCUT2D eigenvalue weighted by molar-refractivity contribution is -0.169. The second-order valence-corrected chi connectivity index (χ2v) is 4.29. The van der Waals surface area contributed by atoms with Crippen molar-refractivity contribution in [1.29, 1.82) is 0 Å². The molecule has 0 bridgehead atoms. The molecule has 0 aromatic carbocycles. The molecule has 0 aromatic rings. The van der Waals surface area contributed by atoms with E-state index in [-0.39, 0.29) is 12.0 Å². The summed E-state index contributed by atoms with van der Waals surface area (Å²) in [5.74, 6) is -1.99. The van der Waals surface area contributed by atoms with Crippen molar-refractivity contribution in [3.8, 4) is 0 Å². The lowest BCUT2D eigenvalue weighted by atomic mass is 9.94. The maximum Gasteiger partial charge on any atom is 0.470 e. The van der Waals surface area contributed by atoms with E-state index in [2.05, 4.69) is 5.73 Å². The predicted molar refractivity (Wildman–Crippen MR) is 56.5 cm³/mol. The Labute approximate surface area is 103 Å². The van der Waals surface area contributed by atoms with Crippen LogP contribution in [0.5, 0.6) is 0 Å². The Kier molecular flexibility index (Phi) is 6.58. The summed E-state index contributed by atoms with van der Waals surface area (Å²) in [6.07, 6.45) is -5.82. The SMILES string of the molecule is CC(C)C1OCCC(O)C1O.NC(=O)C(F)(F)F. The number of rotatable bonds is 1. The van der Waals surface area contributed by atoms with Crippen molar-refractivity contribution in [2.45, 2.75) is 44.8 Å². The minimum Gasteiger partial charge on any atom is -0.390 e. The van der Waals surface area contributed by atoms with Gasteiger partial charge in [-0.3, -0.25) is 4.79 Å². The van der Waals surface area contributed by atoms with Crippen molar-refractivity contribution >= 4 is 5.91 Å². The number of aliphatic hydroxyl groups is 2. The maximum absolute atomic E-state index is 10.7. The highest BCUT2D eigenvalue weighted by molar-refractivity contribution is 5.79. The third-order valence-electron chi connectivity index (χ3n) is 2.39. The summed E-state index contributed by atoms with van der Waals surface area (Å²) in [5.41, 5.74) is 3.81. The molecule has 1 aliphatic heterocycles. The number of aliphatic hydroxyl groups excluding tert-OH is 2. The highest BCUT2D eigenvalue weighted by Gasteiger charge is 2.35. The molecule has 4 N–H and O–H groups in total. The molecule has 0 aliphatic carbocycles. The van der Waals surface area contributed by atoms with Crippen molar-refractivity contribution < 1.29 is 32.9 Å². The fraction of sp³-hybridized carbons (Fsp3) is 0.900. The fourth-order valence-corrected chi connectivity index (χ4v) is 1.40. The van der Waals surface area contributed by atoms with E-state index in [4.69, 9.17) is 9.53 Å². The van der Waals surface area contributed by atoms with Gasteiger partial charge in [0.05, 0.1) is 12.2 Å². The van der Waals surface area contributed by atoms with Crippen LogP contribution in [-0.2, 0) is 9.53 Å². The monoisotopic (exact) mass is 273 g/mol. The van der Waals surface area contributed by atoms with Gasteiger partial charge >= 0.3 is 12.1 Å². The third-order valence-corrected chi connectivity index (χ3v) is 2.39. The molecule has 0 spiro atoms. The predicted octanol–water partition coefficient (Wildman–Crippen LogP) is 0.187. The van der Waals surface area contributed by atoms with Crippen LogP contribution in [0.2, 0.25) is 0 Å². The number of halogens is 3. The topological polar surface area (TPSA) is 92.8 Å². The van der Waals surface area contributed by atoms with Crippen LogP contribution in [0.4, 0.5) is 13.2 Å². The largest absolute Gasteiger partial charge is 0.470 e. The van der Waals surface area contributed by atoms with E-state index in [1.54, 1.807) is 0 Å². The number of carbonyl (C=O) groups is 1. The minimum atomic E-state index is -4.86. The number of nitrogens with two attached hydrogens (primary N) is 1. The first kappa shape index (κ1) is 17.1. The summed E-state index contributed by atoms with van der Waals surface area (Å²) < 4.78 is 37.4. The molecule has 1 saturated heterocycles. The van der Waals surface area contributed by atoms with Crippen LogP contribution in [0.1, 0.15) is 20.3 Å². The molecule has 1 amide bonds. The molecule has 0 aromatic heterocycles. The number of amides is 1. The Hall–Kier alpha value is -0.860. The summed E-state index contributed by atoms with van der Waals surface area (Å²) >= 11 is 0. The van der Waals surface area contributed by atoms with Gasteiger partial charge in [0.2, 0.25) is 0 Å². The average molecular weight is 273 g/mol. The van der Waals surface area contributed by atoms with E-state index < -0.39 is 24.3 Å². The summed E-state index contributed by atoms with van der Waals surface area (Å²) in [6, 6.07) is 0. The first-order valence-corrected chi connectivity index (χ1v) is 5.41. The van der Waals surface area contributed by atoms with Crippen LogP contribution in [0.3, 0.4) is 0 Å². The number of primary amides is 1. The third kappa shape index (κ3) is 5.65. The highest BCUT2D eigenvalue weighted by Crippen LogP contribution is 2.20. The van der Waals surface area contributed by atoms with Crippen molar-refractivity contribution in [1.82, 2.24) is 0 Å². The van der Waals surface area contributed by atoms with Gasteiger partial charge in [0.1, 0.15) is 6.10 Å². The van der Waals surface area contributed by atoms with Gasteiger partial charge in [-0.05, 0) is 12.3 Å². The molecule has 1 aliphatic rings. The lowest BCUT2D eigenvalue weighted by Gasteiger charge is -2.34. The molecule has 5 nitrogen and oxygen atoms in total. The van der Waals surface area contributed by atoms with Crippen molar-refractivity contribution in [3.63, 3.8) is 0 Å². The summed E-state index contributed by atoms with van der Waals surface area (Å²) in [7, 11) is 0. The van der Waals surface area contributed by atoms with Gasteiger partial charge < -0.3 is 20.7 Å². The molecule has 0 radical (unpaired) electrons. The Balaban J connectivity index is 0.000000360. The molecule has 1 rings (SSSR count). The molecule has 1 fully saturated rings. The molecule has 0 saturated carbocycles. The lowest BCUT2D eigenvalue weighted by Crippen LogP contribution is -2.46. The molecule has 3 unspecified atom stereocenters. The van der Waals surface area contributed by atoms with Crippen molar-refractivity contribution in [3.05, 3.63) is 0 Å². The molecule has 8 heteroatoms. The molecule has 18 heavy (non-hydrogen) atoms. The number of hydrogen-bond donors (Lipinski definition) is 3. The first-order chi connectivity index (χ1) is 8.07. The highest BCUT2D eigenvalue weighted by atomic mass is 19.4. The smallest absolute Gasteiger partial charge is 0.390 e. The quantitative estimate of drug-likeness (QED) is 0.635. The van der Waals surface area contributed by atoms with Gasteiger partial charge in [-0.15, -0.1) is 0 Å². The van der Waals surface area contributed by atoms with Crippen LogP contribution in [0.15, 0.2) is 0 Å². The van der Waals surface area contributed by atoms with E-state index >= 15 is 0 Å². The summed E-state index contributed by atoms with van der Waals surface area (Å²) in [5, 5.41) is 18.7. The molecule has 3 atom stereocenters. The van der Waals surface area contributed by atoms with E-state index in [0.29, 0.717) is 13.0 Å². The van der Waals surface area contributed by atoms with Crippen LogP contribution >= 0.6 is 0 Å².